The Hall–Kier alpha value is -1.70. The van der Waals surface area contributed by atoms with Crippen molar-refractivity contribution in [2.45, 2.75) is 58.4 Å². The van der Waals surface area contributed by atoms with Crippen LogP contribution in [-0.4, -0.2) is 29.2 Å². The summed E-state index contributed by atoms with van der Waals surface area (Å²) in [5.74, 6) is 2.05. The van der Waals surface area contributed by atoms with Crippen LogP contribution in [0, 0.1) is 18.3 Å². The van der Waals surface area contributed by atoms with Crippen LogP contribution in [-0.2, 0) is 4.79 Å². The van der Waals surface area contributed by atoms with Gasteiger partial charge in [-0.25, -0.2) is 4.79 Å². The van der Waals surface area contributed by atoms with Crippen molar-refractivity contribution in [3.8, 4) is 12.3 Å². The second-order valence-corrected chi connectivity index (χ2v) is 5.53. The molecule has 1 unspecified atom stereocenters. The monoisotopic (exact) mass is 282 g/mol. The Morgan fingerprint density at radius 3 is 2.45 bits per heavy atom. The van der Waals surface area contributed by atoms with Gasteiger partial charge in [0.15, 0.2) is 0 Å². The molecule has 0 saturated carbocycles. The van der Waals surface area contributed by atoms with Gasteiger partial charge in [0.1, 0.15) is 0 Å². The Morgan fingerprint density at radius 1 is 1.30 bits per heavy atom. The molecule has 0 aliphatic heterocycles. The van der Waals surface area contributed by atoms with E-state index < -0.39 is 11.5 Å². The summed E-state index contributed by atoms with van der Waals surface area (Å²) in [6.45, 7) is 6.10. The number of terminal acetylenes is 1. The number of carboxylic acid groups (broad SMARTS) is 1. The van der Waals surface area contributed by atoms with Gasteiger partial charge >= 0.3 is 12.0 Å². The van der Waals surface area contributed by atoms with Gasteiger partial charge in [-0.2, -0.15) is 0 Å². The van der Waals surface area contributed by atoms with Crippen LogP contribution in [0.15, 0.2) is 0 Å². The highest BCUT2D eigenvalue weighted by molar-refractivity contribution is 5.75. The minimum Gasteiger partial charge on any atom is -0.481 e. The number of carbonyl (C=O) groups is 2. The molecule has 5 heteroatoms. The maximum absolute atomic E-state index is 11.6. The van der Waals surface area contributed by atoms with Crippen molar-refractivity contribution >= 4 is 12.0 Å². The van der Waals surface area contributed by atoms with Crippen molar-refractivity contribution < 1.29 is 14.7 Å². The number of carbonyl (C=O) groups excluding carboxylic acids is 1. The summed E-state index contributed by atoms with van der Waals surface area (Å²) in [6.07, 6.45) is 8.90. The summed E-state index contributed by atoms with van der Waals surface area (Å²) < 4.78 is 0. The fourth-order valence-electron chi connectivity index (χ4n) is 1.92. The van der Waals surface area contributed by atoms with E-state index in [0.717, 1.165) is 19.3 Å². The fourth-order valence-corrected chi connectivity index (χ4v) is 1.92. The molecule has 0 aliphatic carbocycles. The zero-order chi connectivity index (χ0) is 15.6. The Bertz CT molecular complexity index is 359. The first kappa shape index (κ1) is 18.3. The Morgan fingerprint density at radius 2 is 1.95 bits per heavy atom. The minimum atomic E-state index is -0.771. The number of hydrogen-bond acceptors (Lipinski definition) is 2. The van der Waals surface area contributed by atoms with Gasteiger partial charge in [0, 0.05) is 13.0 Å². The first-order chi connectivity index (χ1) is 9.30. The molecule has 0 aliphatic rings. The van der Waals surface area contributed by atoms with Gasteiger partial charge in [0.05, 0.1) is 5.54 Å². The van der Waals surface area contributed by atoms with Gasteiger partial charge in [-0.3, -0.25) is 4.79 Å². The molecule has 0 aromatic heterocycles. The van der Waals surface area contributed by atoms with Gasteiger partial charge in [-0.15, -0.1) is 6.42 Å². The van der Waals surface area contributed by atoms with Crippen molar-refractivity contribution in [1.29, 1.82) is 0 Å². The van der Waals surface area contributed by atoms with Crippen LogP contribution in [0.4, 0.5) is 4.79 Å². The summed E-state index contributed by atoms with van der Waals surface area (Å²) in [6, 6.07) is -0.290. The number of nitrogens with one attached hydrogen (secondary N) is 2. The lowest BCUT2D eigenvalue weighted by atomic mass is 9.94. The van der Waals surface area contributed by atoms with E-state index in [0.29, 0.717) is 18.9 Å². The highest BCUT2D eigenvalue weighted by atomic mass is 16.4. The number of urea groups is 1. The topological polar surface area (TPSA) is 78.4 Å². The van der Waals surface area contributed by atoms with Gasteiger partial charge in [0.25, 0.3) is 0 Å². The van der Waals surface area contributed by atoms with E-state index >= 15 is 0 Å². The van der Waals surface area contributed by atoms with E-state index in [9.17, 15) is 9.59 Å². The van der Waals surface area contributed by atoms with Crippen LogP contribution >= 0.6 is 0 Å². The molecule has 0 bridgehead atoms. The highest BCUT2D eigenvalue weighted by Gasteiger charge is 2.17. The molecule has 114 valence electrons. The second kappa shape index (κ2) is 9.24. The minimum absolute atomic E-state index is 0.182. The van der Waals surface area contributed by atoms with Crippen LogP contribution in [0.3, 0.4) is 0 Å². The summed E-state index contributed by atoms with van der Waals surface area (Å²) >= 11 is 0. The maximum Gasteiger partial charge on any atom is 0.315 e. The molecule has 0 heterocycles. The van der Waals surface area contributed by atoms with Crippen LogP contribution in [0.25, 0.3) is 0 Å². The van der Waals surface area contributed by atoms with E-state index in [2.05, 4.69) is 23.5 Å². The zero-order valence-corrected chi connectivity index (χ0v) is 12.7. The quantitative estimate of drug-likeness (QED) is 0.568. The van der Waals surface area contributed by atoms with Gasteiger partial charge in [-0.05, 0) is 32.6 Å². The Balaban J connectivity index is 4.01. The largest absolute Gasteiger partial charge is 0.481 e. The predicted molar refractivity (Wildman–Crippen MR) is 79.3 cm³/mol. The van der Waals surface area contributed by atoms with Crippen molar-refractivity contribution in [2.75, 3.05) is 6.54 Å². The van der Waals surface area contributed by atoms with Crippen molar-refractivity contribution in [1.82, 2.24) is 10.6 Å². The van der Waals surface area contributed by atoms with E-state index in [1.54, 1.807) is 13.8 Å². The molecule has 1 atom stereocenters. The van der Waals surface area contributed by atoms with Crippen LogP contribution in [0.2, 0.25) is 0 Å². The van der Waals surface area contributed by atoms with Crippen LogP contribution < -0.4 is 10.6 Å². The van der Waals surface area contributed by atoms with Crippen LogP contribution in [0.5, 0.6) is 0 Å². The normalized spacial score (nSPS) is 12.3. The standard InChI is InChI=1S/C15H26N2O3/c1-5-7-12(8-9-13(18)19)10-11-16-14(20)17-15(3,4)6-2/h2,12H,5,7-11H2,1,3-4H3,(H,18,19)(H2,16,17,20). The molecule has 5 nitrogen and oxygen atoms in total. The Labute approximate surface area is 121 Å². The van der Waals surface area contributed by atoms with Crippen molar-refractivity contribution in [3.63, 3.8) is 0 Å². The number of rotatable bonds is 9. The molecule has 0 fully saturated rings. The molecule has 0 rings (SSSR count). The number of hydrogen-bond donors (Lipinski definition) is 3. The molecule has 3 N–H and O–H groups in total. The van der Waals surface area contributed by atoms with Crippen molar-refractivity contribution in [3.05, 3.63) is 0 Å². The average Bonchev–Trinajstić information content (AvgIpc) is 2.35. The lowest BCUT2D eigenvalue weighted by molar-refractivity contribution is -0.137. The first-order valence-corrected chi connectivity index (χ1v) is 7.06. The third-order valence-corrected chi connectivity index (χ3v) is 3.09. The summed E-state index contributed by atoms with van der Waals surface area (Å²) in [4.78, 5) is 22.2. The average molecular weight is 282 g/mol. The first-order valence-electron chi connectivity index (χ1n) is 7.06. The molecule has 0 saturated heterocycles. The highest BCUT2D eigenvalue weighted by Crippen LogP contribution is 2.17. The second-order valence-electron chi connectivity index (χ2n) is 5.53. The third-order valence-electron chi connectivity index (χ3n) is 3.09. The molecule has 0 aromatic rings. The molecule has 0 aromatic carbocycles. The van der Waals surface area contributed by atoms with Gasteiger partial charge in [-0.1, -0.05) is 25.7 Å². The van der Waals surface area contributed by atoms with E-state index in [-0.39, 0.29) is 12.5 Å². The summed E-state index contributed by atoms with van der Waals surface area (Å²) in [5, 5.41) is 14.1. The summed E-state index contributed by atoms with van der Waals surface area (Å²) in [5.41, 5.74) is -0.670. The van der Waals surface area contributed by atoms with E-state index in [4.69, 9.17) is 11.5 Å². The molecule has 2 amide bonds. The van der Waals surface area contributed by atoms with Crippen LogP contribution in [0.1, 0.15) is 52.9 Å². The molecular formula is C15H26N2O3. The summed E-state index contributed by atoms with van der Waals surface area (Å²) in [7, 11) is 0. The number of aliphatic carboxylic acids is 1. The third kappa shape index (κ3) is 9.26. The fraction of sp³-hybridized carbons (Fsp3) is 0.733. The molecule has 0 radical (unpaired) electrons. The van der Waals surface area contributed by atoms with Crippen molar-refractivity contribution in [2.24, 2.45) is 5.92 Å². The van der Waals surface area contributed by atoms with E-state index in [1.165, 1.54) is 0 Å². The van der Waals surface area contributed by atoms with Gasteiger partial charge in [0.2, 0.25) is 0 Å². The predicted octanol–water partition coefficient (Wildman–Crippen LogP) is 2.37. The maximum atomic E-state index is 11.6. The van der Waals surface area contributed by atoms with E-state index in [1.807, 2.05) is 0 Å². The molecule has 0 spiro atoms. The number of carboxylic acids is 1. The smallest absolute Gasteiger partial charge is 0.315 e. The van der Waals surface area contributed by atoms with Gasteiger partial charge < -0.3 is 15.7 Å². The number of amides is 2. The SMILES string of the molecule is C#CC(C)(C)NC(=O)NCCC(CCC)CCC(=O)O. The lowest BCUT2D eigenvalue weighted by Gasteiger charge is -2.21. The zero-order valence-electron chi connectivity index (χ0n) is 12.7. The molecule has 20 heavy (non-hydrogen) atoms. The molecular weight excluding hydrogens is 256 g/mol. The Kier molecular flexibility index (Phi) is 8.46. The lowest BCUT2D eigenvalue weighted by Crippen LogP contribution is -2.47.